The van der Waals surface area contributed by atoms with E-state index in [0.717, 1.165) is 4.90 Å². The van der Waals surface area contributed by atoms with Crippen LogP contribution in [0.15, 0.2) is 30.5 Å². The number of hydrogen-bond acceptors (Lipinski definition) is 4. The lowest BCUT2D eigenvalue weighted by atomic mass is 10.2. The van der Waals surface area contributed by atoms with Gasteiger partial charge in [-0.2, -0.15) is 0 Å². The molecule has 0 bridgehead atoms. The summed E-state index contributed by atoms with van der Waals surface area (Å²) in [5, 5.41) is 0. The molecule has 5 nitrogen and oxygen atoms in total. The molecule has 2 N–H and O–H groups in total. The fourth-order valence-corrected chi connectivity index (χ4v) is 1.56. The van der Waals surface area contributed by atoms with Gasteiger partial charge >= 0.3 is 0 Å². The zero-order chi connectivity index (χ0) is 11.5. The Morgan fingerprint density at radius 1 is 1.31 bits per heavy atom. The van der Waals surface area contributed by atoms with Crippen molar-refractivity contribution in [1.82, 2.24) is 9.88 Å². The maximum atomic E-state index is 11.8. The van der Waals surface area contributed by atoms with Gasteiger partial charge in [-0.15, -0.1) is 0 Å². The molecule has 0 unspecified atom stereocenters. The minimum Gasteiger partial charge on any atom is -0.327 e. The number of carbonyl (C=O) groups excluding carboxylic acids is 2. The van der Waals surface area contributed by atoms with Crippen molar-refractivity contribution in [2.45, 2.75) is 0 Å². The summed E-state index contributed by atoms with van der Waals surface area (Å²) in [4.78, 5) is 28.6. The van der Waals surface area contributed by atoms with Gasteiger partial charge in [0, 0.05) is 19.3 Å². The average molecular weight is 217 g/mol. The van der Waals surface area contributed by atoms with Crippen LogP contribution in [0.1, 0.15) is 20.8 Å². The van der Waals surface area contributed by atoms with Crippen molar-refractivity contribution >= 4 is 11.8 Å². The second kappa shape index (κ2) is 4.24. The van der Waals surface area contributed by atoms with Crippen molar-refractivity contribution in [2.75, 3.05) is 13.1 Å². The van der Waals surface area contributed by atoms with Crippen molar-refractivity contribution in [3.63, 3.8) is 0 Å². The third-order valence-corrected chi connectivity index (χ3v) is 2.32. The van der Waals surface area contributed by atoms with Gasteiger partial charge in [-0.3, -0.25) is 19.5 Å². The number of nitrogens with zero attached hydrogens (tertiary/aromatic N) is 2. The number of hydrogen-bond donors (Lipinski definition) is 1. The van der Waals surface area contributed by atoms with E-state index >= 15 is 0 Å². The van der Waals surface area contributed by atoms with Crippen LogP contribution in [0, 0.1) is 0 Å². The number of nitrogens with two attached hydrogens (primary N) is 1. The Bertz CT molecular complexity index is 433. The molecule has 0 aliphatic carbocycles. The molecule has 1 aromatic heterocycles. The summed E-state index contributed by atoms with van der Waals surface area (Å²) in [7, 11) is 0. The minimum absolute atomic E-state index is 0.230. The second-order valence-corrected chi connectivity index (χ2v) is 3.33. The highest BCUT2D eigenvalue weighted by molar-refractivity contribution is 6.20. The maximum Gasteiger partial charge on any atom is 0.280 e. The molecule has 1 aromatic rings. The van der Waals surface area contributed by atoms with Crippen LogP contribution in [0.4, 0.5) is 0 Å². The predicted molar refractivity (Wildman–Crippen MR) is 57.8 cm³/mol. The van der Waals surface area contributed by atoms with E-state index in [1.807, 2.05) is 0 Å². The molecule has 0 atom stereocenters. The SMILES string of the molecule is NC/C=C/CN1C(=O)c2cccnc2C1=O. The lowest BCUT2D eigenvalue weighted by molar-refractivity contribution is 0.0670. The second-order valence-electron chi connectivity index (χ2n) is 3.33. The fourth-order valence-electron chi connectivity index (χ4n) is 1.56. The first-order chi connectivity index (χ1) is 7.75. The van der Waals surface area contributed by atoms with Crippen LogP contribution in [-0.2, 0) is 0 Å². The zero-order valence-electron chi connectivity index (χ0n) is 8.59. The van der Waals surface area contributed by atoms with Gasteiger partial charge in [0.2, 0.25) is 0 Å². The first-order valence-corrected chi connectivity index (χ1v) is 4.92. The van der Waals surface area contributed by atoms with Crippen molar-refractivity contribution in [3.05, 3.63) is 41.7 Å². The van der Waals surface area contributed by atoms with Gasteiger partial charge in [-0.1, -0.05) is 12.2 Å². The monoisotopic (exact) mass is 217 g/mol. The molecule has 5 heteroatoms. The minimum atomic E-state index is -0.345. The number of rotatable bonds is 3. The summed E-state index contributed by atoms with van der Waals surface area (Å²) < 4.78 is 0. The van der Waals surface area contributed by atoms with Gasteiger partial charge < -0.3 is 5.73 Å². The van der Waals surface area contributed by atoms with E-state index in [-0.39, 0.29) is 24.1 Å². The van der Waals surface area contributed by atoms with E-state index in [2.05, 4.69) is 4.98 Å². The maximum absolute atomic E-state index is 11.8. The Kier molecular flexibility index (Phi) is 2.78. The summed E-state index contributed by atoms with van der Waals surface area (Å²) in [6.45, 7) is 0.632. The van der Waals surface area contributed by atoms with E-state index in [1.165, 1.54) is 6.20 Å². The molecule has 2 amide bonds. The number of imide groups is 1. The van der Waals surface area contributed by atoms with Crippen LogP contribution in [0.25, 0.3) is 0 Å². The molecule has 0 radical (unpaired) electrons. The summed E-state index contributed by atoms with van der Waals surface area (Å²) in [6, 6.07) is 3.25. The van der Waals surface area contributed by atoms with Gasteiger partial charge in [-0.25, -0.2) is 0 Å². The molecule has 0 saturated heterocycles. The number of fused-ring (bicyclic) bond motifs is 1. The van der Waals surface area contributed by atoms with Crippen molar-refractivity contribution < 1.29 is 9.59 Å². The first-order valence-electron chi connectivity index (χ1n) is 4.92. The van der Waals surface area contributed by atoms with Crippen LogP contribution in [0.5, 0.6) is 0 Å². The highest BCUT2D eigenvalue weighted by Gasteiger charge is 2.35. The number of aromatic nitrogens is 1. The average Bonchev–Trinajstić information content (AvgIpc) is 2.55. The number of pyridine rings is 1. The van der Waals surface area contributed by atoms with Gasteiger partial charge in [0.1, 0.15) is 5.69 Å². The summed E-state index contributed by atoms with van der Waals surface area (Å²) in [6.07, 6.45) is 4.90. The van der Waals surface area contributed by atoms with Gasteiger partial charge in [0.05, 0.1) is 5.56 Å². The number of amides is 2. The molecule has 0 aromatic carbocycles. The van der Waals surface area contributed by atoms with Crippen molar-refractivity contribution in [1.29, 1.82) is 0 Å². The Morgan fingerprint density at radius 2 is 2.12 bits per heavy atom. The predicted octanol–water partition coefficient (Wildman–Crippen LogP) is 0.193. The quantitative estimate of drug-likeness (QED) is 0.579. The zero-order valence-corrected chi connectivity index (χ0v) is 8.59. The summed E-state index contributed by atoms with van der Waals surface area (Å²) >= 11 is 0. The van der Waals surface area contributed by atoms with Crippen molar-refractivity contribution in [2.24, 2.45) is 5.73 Å². The molecular weight excluding hydrogens is 206 g/mol. The summed E-state index contributed by atoms with van der Waals surface area (Å²) in [5.41, 5.74) is 5.88. The Balaban J connectivity index is 2.25. The molecule has 0 spiro atoms. The van der Waals surface area contributed by atoms with E-state index in [0.29, 0.717) is 12.1 Å². The lowest BCUT2D eigenvalue weighted by Gasteiger charge is -2.09. The van der Waals surface area contributed by atoms with Crippen LogP contribution in [-0.4, -0.2) is 34.8 Å². The molecule has 1 aliphatic heterocycles. The Hall–Kier alpha value is -2.01. The van der Waals surface area contributed by atoms with Gasteiger partial charge in [-0.05, 0) is 12.1 Å². The molecule has 0 saturated carbocycles. The van der Waals surface area contributed by atoms with Gasteiger partial charge in [0.25, 0.3) is 11.8 Å². The third-order valence-electron chi connectivity index (χ3n) is 2.32. The lowest BCUT2D eigenvalue weighted by Crippen LogP contribution is -2.30. The van der Waals surface area contributed by atoms with Crippen LogP contribution >= 0.6 is 0 Å². The first kappa shape index (κ1) is 10.5. The molecule has 16 heavy (non-hydrogen) atoms. The molecular formula is C11H11N3O2. The number of carbonyl (C=O) groups is 2. The van der Waals surface area contributed by atoms with E-state index in [1.54, 1.807) is 24.3 Å². The molecule has 2 heterocycles. The fraction of sp³-hybridized carbons (Fsp3) is 0.182. The smallest absolute Gasteiger partial charge is 0.280 e. The third kappa shape index (κ3) is 1.61. The molecule has 82 valence electrons. The molecule has 0 fully saturated rings. The van der Waals surface area contributed by atoms with E-state index in [4.69, 9.17) is 5.73 Å². The van der Waals surface area contributed by atoms with Crippen LogP contribution in [0.2, 0.25) is 0 Å². The molecule has 2 rings (SSSR count). The highest BCUT2D eigenvalue weighted by Crippen LogP contribution is 2.19. The van der Waals surface area contributed by atoms with E-state index < -0.39 is 0 Å². The highest BCUT2D eigenvalue weighted by atomic mass is 16.2. The largest absolute Gasteiger partial charge is 0.327 e. The standard InChI is InChI=1S/C11H11N3O2/c12-5-1-2-7-14-10(15)8-4-3-6-13-9(8)11(14)16/h1-4,6H,5,7,12H2/b2-1+. The van der Waals surface area contributed by atoms with Crippen LogP contribution < -0.4 is 5.73 Å². The van der Waals surface area contributed by atoms with E-state index in [9.17, 15) is 9.59 Å². The topological polar surface area (TPSA) is 76.3 Å². The Morgan fingerprint density at radius 3 is 2.81 bits per heavy atom. The Labute approximate surface area is 92.6 Å². The van der Waals surface area contributed by atoms with Crippen LogP contribution in [0.3, 0.4) is 0 Å². The normalized spacial score (nSPS) is 14.9. The van der Waals surface area contributed by atoms with Gasteiger partial charge in [0.15, 0.2) is 0 Å². The van der Waals surface area contributed by atoms with Crippen molar-refractivity contribution in [3.8, 4) is 0 Å². The molecule has 1 aliphatic rings. The summed E-state index contributed by atoms with van der Waals surface area (Å²) in [5.74, 6) is -0.642.